The summed E-state index contributed by atoms with van der Waals surface area (Å²) >= 11 is 2.75. The number of carbonyl (C=O) groups excluding carboxylic acids is 1. The molecule has 0 aliphatic heterocycles. The van der Waals surface area contributed by atoms with Crippen LogP contribution < -0.4 is 11.1 Å². The molecule has 19 heavy (non-hydrogen) atoms. The van der Waals surface area contributed by atoms with Gasteiger partial charge in [-0.1, -0.05) is 0 Å². The lowest BCUT2D eigenvalue weighted by molar-refractivity contribution is -0.0327. The van der Waals surface area contributed by atoms with Crippen LogP contribution in [0.1, 0.15) is 10.4 Å². The van der Waals surface area contributed by atoms with Gasteiger partial charge in [0.2, 0.25) is 0 Å². The molecule has 1 rings (SSSR count). The largest absolute Gasteiger partial charge is 0.441 e. The highest BCUT2D eigenvalue weighted by molar-refractivity contribution is 9.10. The number of nitrogen functional groups attached to an aromatic ring is 1. The number of benzene rings is 1. The van der Waals surface area contributed by atoms with E-state index < -0.39 is 17.2 Å². The van der Waals surface area contributed by atoms with E-state index in [2.05, 4.69) is 21.2 Å². The Morgan fingerprint density at radius 2 is 2.05 bits per heavy atom. The number of halogens is 5. The number of thioether (sulfide) groups is 1. The molecule has 1 amide bonds. The summed E-state index contributed by atoms with van der Waals surface area (Å²) in [5, 5.41) is 2.29. The Bertz CT molecular complexity index is 481. The molecular weight excluding hydrogens is 352 g/mol. The van der Waals surface area contributed by atoms with Gasteiger partial charge in [0, 0.05) is 16.8 Å². The zero-order valence-corrected chi connectivity index (χ0v) is 11.8. The fraction of sp³-hybridized carbons (Fsp3) is 0.300. The van der Waals surface area contributed by atoms with Gasteiger partial charge in [-0.25, -0.2) is 4.39 Å². The van der Waals surface area contributed by atoms with Gasteiger partial charge in [-0.05, 0) is 39.8 Å². The topological polar surface area (TPSA) is 55.1 Å². The second kappa shape index (κ2) is 6.47. The van der Waals surface area contributed by atoms with Crippen LogP contribution in [-0.2, 0) is 0 Å². The van der Waals surface area contributed by atoms with Gasteiger partial charge in [0.05, 0.1) is 11.3 Å². The molecule has 0 atom stereocenters. The van der Waals surface area contributed by atoms with Gasteiger partial charge in [0.25, 0.3) is 5.91 Å². The fourth-order valence-electron chi connectivity index (χ4n) is 1.17. The van der Waals surface area contributed by atoms with Crippen LogP contribution >= 0.6 is 27.7 Å². The van der Waals surface area contributed by atoms with E-state index in [0.29, 0.717) is 0 Å². The lowest BCUT2D eigenvalue weighted by atomic mass is 10.2. The van der Waals surface area contributed by atoms with Gasteiger partial charge in [0.1, 0.15) is 5.82 Å². The molecule has 0 saturated carbocycles. The van der Waals surface area contributed by atoms with Crippen molar-refractivity contribution < 1.29 is 22.4 Å². The van der Waals surface area contributed by atoms with Crippen molar-refractivity contribution in [1.82, 2.24) is 5.32 Å². The highest BCUT2D eigenvalue weighted by Crippen LogP contribution is 2.29. The van der Waals surface area contributed by atoms with E-state index in [9.17, 15) is 22.4 Å². The number of amides is 1. The van der Waals surface area contributed by atoms with E-state index in [1.807, 2.05) is 0 Å². The number of anilines is 1. The molecule has 0 spiro atoms. The zero-order valence-electron chi connectivity index (χ0n) is 9.35. The van der Waals surface area contributed by atoms with Gasteiger partial charge in [-0.15, -0.1) is 0 Å². The Hall–Kier alpha value is -0.960. The Labute approximate surface area is 119 Å². The van der Waals surface area contributed by atoms with Crippen molar-refractivity contribution in [3.8, 4) is 0 Å². The highest BCUT2D eigenvalue weighted by atomic mass is 79.9. The monoisotopic (exact) mass is 360 g/mol. The molecule has 0 fully saturated rings. The van der Waals surface area contributed by atoms with Crippen molar-refractivity contribution >= 4 is 39.3 Å². The van der Waals surface area contributed by atoms with Gasteiger partial charge in [0.15, 0.2) is 0 Å². The summed E-state index contributed by atoms with van der Waals surface area (Å²) in [5.74, 6) is -1.61. The van der Waals surface area contributed by atoms with Crippen LogP contribution in [0.25, 0.3) is 0 Å². The summed E-state index contributed by atoms with van der Waals surface area (Å²) in [5.41, 5.74) is 0.838. The van der Waals surface area contributed by atoms with E-state index in [4.69, 9.17) is 5.73 Å². The maximum absolute atomic E-state index is 13.0. The molecule has 0 aromatic heterocycles. The second-order valence-corrected chi connectivity index (χ2v) is 5.42. The fourth-order valence-corrected chi connectivity index (χ4v) is 2.10. The van der Waals surface area contributed by atoms with E-state index >= 15 is 0 Å². The molecule has 1 aromatic carbocycles. The molecule has 0 unspecified atom stereocenters. The zero-order chi connectivity index (χ0) is 14.6. The lowest BCUT2D eigenvalue weighted by Crippen LogP contribution is -2.27. The number of hydrogen-bond acceptors (Lipinski definition) is 3. The van der Waals surface area contributed by atoms with E-state index in [1.54, 1.807) is 0 Å². The number of nitrogens with one attached hydrogen (secondary N) is 1. The Balaban J connectivity index is 2.57. The van der Waals surface area contributed by atoms with Gasteiger partial charge < -0.3 is 11.1 Å². The van der Waals surface area contributed by atoms with Gasteiger partial charge in [-0.2, -0.15) is 13.2 Å². The summed E-state index contributed by atoms with van der Waals surface area (Å²) in [6.07, 6.45) is 0. The number of alkyl halides is 3. The summed E-state index contributed by atoms with van der Waals surface area (Å²) < 4.78 is 48.8. The summed E-state index contributed by atoms with van der Waals surface area (Å²) in [6.45, 7) is -0.160. The van der Waals surface area contributed by atoms with E-state index in [-0.39, 0.29) is 39.8 Å². The third-order valence-corrected chi connectivity index (χ3v) is 3.38. The molecule has 0 radical (unpaired) electrons. The first-order valence-electron chi connectivity index (χ1n) is 4.94. The third kappa shape index (κ3) is 5.27. The average molecular weight is 361 g/mol. The van der Waals surface area contributed by atoms with Gasteiger partial charge in [-0.3, -0.25) is 4.79 Å². The first kappa shape index (κ1) is 16.1. The lowest BCUT2D eigenvalue weighted by Gasteiger charge is -2.09. The Morgan fingerprint density at radius 3 is 2.63 bits per heavy atom. The van der Waals surface area contributed by atoms with Crippen LogP contribution in [0, 0.1) is 5.82 Å². The summed E-state index contributed by atoms with van der Waals surface area (Å²) in [7, 11) is 0. The first-order valence-corrected chi connectivity index (χ1v) is 6.72. The van der Waals surface area contributed by atoms with Crippen LogP contribution in [0.5, 0.6) is 0 Å². The number of hydrogen-bond donors (Lipinski definition) is 2. The minimum absolute atomic E-state index is 0.0657. The van der Waals surface area contributed by atoms with Crippen LogP contribution in [0.4, 0.5) is 23.2 Å². The van der Waals surface area contributed by atoms with E-state index in [0.717, 1.165) is 12.1 Å². The normalized spacial score (nSPS) is 11.4. The molecule has 3 nitrogen and oxygen atoms in total. The van der Waals surface area contributed by atoms with Crippen molar-refractivity contribution in [2.75, 3.05) is 18.0 Å². The first-order chi connectivity index (χ1) is 8.70. The van der Waals surface area contributed by atoms with Crippen molar-refractivity contribution in [2.24, 2.45) is 0 Å². The molecule has 0 aliphatic rings. The van der Waals surface area contributed by atoms with Crippen LogP contribution in [0.2, 0.25) is 0 Å². The van der Waals surface area contributed by atoms with Crippen molar-refractivity contribution in [3.63, 3.8) is 0 Å². The summed E-state index contributed by atoms with van der Waals surface area (Å²) in [4.78, 5) is 11.6. The van der Waals surface area contributed by atoms with Crippen molar-refractivity contribution in [3.05, 3.63) is 28.0 Å². The molecule has 0 bridgehead atoms. The van der Waals surface area contributed by atoms with Crippen LogP contribution in [0.15, 0.2) is 16.6 Å². The molecule has 0 heterocycles. The Morgan fingerprint density at radius 1 is 1.42 bits per heavy atom. The summed E-state index contributed by atoms with van der Waals surface area (Å²) in [6, 6.07) is 2.14. The van der Waals surface area contributed by atoms with Crippen molar-refractivity contribution in [2.45, 2.75) is 5.51 Å². The predicted octanol–water partition coefficient (Wildman–Crippen LogP) is 3.15. The standard InChI is InChI=1S/C10H9BrF4N2OS/c11-6-4-7(12)8(16)3-5(6)9(18)17-1-2-19-10(13,14)15/h3-4H,1-2,16H2,(H,17,18). The number of carbonyl (C=O) groups is 1. The van der Waals surface area contributed by atoms with Crippen LogP contribution in [-0.4, -0.2) is 23.7 Å². The second-order valence-electron chi connectivity index (χ2n) is 3.40. The van der Waals surface area contributed by atoms with E-state index in [1.165, 1.54) is 0 Å². The molecule has 0 aliphatic carbocycles. The quantitative estimate of drug-likeness (QED) is 0.492. The average Bonchev–Trinajstić information content (AvgIpc) is 2.28. The maximum atomic E-state index is 13.0. The predicted molar refractivity (Wildman–Crippen MR) is 69.4 cm³/mol. The third-order valence-electron chi connectivity index (χ3n) is 1.98. The SMILES string of the molecule is Nc1cc(C(=O)NCCSC(F)(F)F)c(Br)cc1F. The minimum Gasteiger partial charge on any atom is -0.396 e. The smallest absolute Gasteiger partial charge is 0.396 e. The molecular formula is C10H9BrF4N2OS. The van der Waals surface area contributed by atoms with Crippen molar-refractivity contribution in [1.29, 1.82) is 0 Å². The maximum Gasteiger partial charge on any atom is 0.441 e. The number of rotatable bonds is 4. The van der Waals surface area contributed by atoms with Crippen LogP contribution in [0.3, 0.4) is 0 Å². The molecule has 106 valence electrons. The molecule has 0 saturated heterocycles. The number of nitrogens with two attached hydrogens (primary N) is 1. The molecule has 9 heteroatoms. The van der Waals surface area contributed by atoms with Gasteiger partial charge >= 0.3 is 5.51 Å². The molecule has 1 aromatic rings. The highest BCUT2D eigenvalue weighted by Gasteiger charge is 2.27. The minimum atomic E-state index is -4.33. The molecule has 3 N–H and O–H groups in total. The Kier molecular flexibility index (Phi) is 5.48.